The van der Waals surface area contributed by atoms with E-state index in [-0.39, 0.29) is 12.3 Å². The van der Waals surface area contributed by atoms with Crippen molar-refractivity contribution in [3.05, 3.63) is 30.1 Å². The Labute approximate surface area is 77.1 Å². The number of hydrogen-bond acceptors (Lipinski definition) is 3. The molecule has 0 aliphatic rings. The molecule has 0 aliphatic heterocycles. The Hall–Kier alpha value is -1.42. The van der Waals surface area contributed by atoms with Gasteiger partial charge >= 0.3 is 0 Å². The summed E-state index contributed by atoms with van der Waals surface area (Å²) >= 11 is 0. The van der Waals surface area contributed by atoms with Crippen molar-refractivity contribution in [1.82, 2.24) is 10.0 Å². The summed E-state index contributed by atoms with van der Waals surface area (Å²) in [6, 6.07) is 5.47. The maximum absolute atomic E-state index is 11.3. The lowest BCUT2D eigenvalue weighted by Crippen LogP contribution is -2.27. The van der Waals surface area contributed by atoms with Crippen molar-refractivity contribution in [2.45, 2.75) is 6.42 Å². The fourth-order valence-corrected chi connectivity index (χ4v) is 0.871. The first-order valence-electron chi connectivity index (χ1n) is 3.94. The van der Waals surface area contributed by atoms with Crippen LogP contribution < -0.4 is 0 Å². The standard InChI is InChI=1S/C9H12N2O2/c1-11(13-2)9(12)7-8-5-3-4-6-10-8/h3-6H,7H2,1-2H3. The van der Waals surface area contributed by atoms with Crippen LogP contribution >= 0.6 is 0 Å². The summed E-state index contributed by atoms with van der Waals surface area (Å²) in [5.74, 6) is -0.110. The van der Waals surface area contributed by atoms with Gasteiger partial charge in [-0.3, -0.25) is 14.6 Å². The first-order chi connectivity index (χ1) is 6.24. The van der Waals surface area contributed by atoms with E-state index in [1.807, 2.05) is 12.1 Å². The predicted molar refractivity (Wildman–Crippen MR) is 47.7 cm³/mol. The van der Waals surface area contributed by atoms with E-state index in [1.165, 1.54) is 12.2 Å². The van der Waals surface area contributed by atoms with Crippen LogP contribution in [0.15, 0.2) is 24.4 Å². The molecule has 1 aromatic heterocycles. The highest BCUT2D eigenvalue weighted by atomic mass is 16.7. The summed E-state index contributed by atoms with van der Waals surface area (Å²) in [5.41, 5.74) is 0.747. The van der Waals surface area contributed by atoms with Crippen molar-refractivity contribution in [3.63, 3.8) is 0 Å². The van der Waals surface area contributed by atoms with E-state index in [0.717, 1.165) is 5.69 Å². The summed E-state index contributed by atoms with van der Waals surface area (Å²) in [6.45, 7) is 0. The average Bonchev–Trinajstić information content (AvgIpc) is 2.18. The number of hydroxylamine groups is 2. The molecule has 1 aromatic rings. The van der Waals surface area contributed by atoms with Crippen molar-refractivity contribution in [3.8, 4) is 0 Å². The second-order valence-corrected chi connectivity index (χ2v) is 2.57. The molecule has 4 heteroatoms. The number of rotatable bonds is 3. The van der Waals surface area contributed by atoms with Gasteiger partial charge in [-0.05, 0) is 12.1 Å². The van der Waals surface area contributed by atoms with E-state index >= 15 is 0 Å². The van der Waals surface area contributed by atoms with Gasteiger partial charge in [-0.25, -0.2) is 5.06 Å². The lowest BCUT2D eigenvalue weighted by Gasteiger charge is -2.12. The minimum atomic E-state index is -0.110. The fourth-order valence-electron chi connectivity index (χ4n) is 0.871. The molecule has 0 radical (unpaired) electrons. The largest absolute Gasteiger partial charge is 0.275 e. The zero-order valence-electron chi connectivity index (χ0n) is 7.73. The Morgan fingerprint density at radius 2 is 2.38 bits per heavy atom. The van der Waals surface area contributed by atoms with Gasteiger partial charge in [-0.15, -0.1) is 0 Å². The number of carbonyl (C=O) groups excluding carboxylic acids is 1. The maximum atomic E-state index is 11.3. The van der Waals surface area contributed by atoms with Crippen LogP contribution in [-0.2, 0) is 16.1 Å². The number of hydrogen-bond donors (Lipinski definition) is 0. The zero-order valence-corrected chi connectivity index (χ0v) is 7.73. The smallest absolute Gasteiger partial charge is 0.251 e. The van der Waals surface area contributed by atoms with Gasteiger partial charge in [0.2, 0.25) is 0 Å². The number of amides is 1. The van der Waals surface area contributed by atoms with Gasteiger partial charge in [0.15, 0.2) is 0 Å². The van der Waals surface area contributed by atoms with Gasteiger partial charge in [0.05, 0.1) is 13.5 Å². The molecule has 1 rings (SSSR count). The summed E-state index contributed by atoms with van der Waals surface area (Å²) in [5, 5.41) is 1.19. The first-order valence-corrected chi connectivity index (χ1v) is 3.94. The number of carbonyl (C=O) groups is 1. The SMILES string of the molecule is CON(C)C(=O)Cc1ccccn1. The van der Waals surface area contributed by atoms with Gasteiger partial charge in [-0.2, -0.15) is 0 Å². The van der Waals surface area contributed by atoms with Crippen molar-refractivity contribution in [2.24, 2.45) is 0 Å². The molecule has 0 N–H and O–H groups in total. The monoisotopic (exact) mass is 180 g/mol. The predicted octanol–water partition coefficient (Wildman–Crippen LogP) is 0.644. The van der Waals surface area contributed by atoms with Crippen LogP contribution in [0.1, 0.15) is 5.69 Å². The molecule has 70 valence electrons. The molecule has 13 heavy (non-hydrogen) atoms. The fraction of sp³-hybridized carbons (Fsp3) is 0.333. The van der Waals surface area contributed by atoms with Crippen molar-refractivity contribution < 1.29 is 9.63 Å². The van der Waals surface area contributed by atoms with E-state index in [9.17, 15) is 4.79 Å². The molecule has 0 saturated carbocycles. The van der Waals surface area contributed by atoms with Gasteiger partial charge in [0.25, 0.3) is 5.91 Å². The first kappa shape index (κ1) is 9.67. The maximum Gasteiger partial charge on any atom is 0.251 e. The van der Waals surface area contributed by atoms with Crippen molar-refractivity contribution in [2.75, 3.05) is 14.2 Å². The Balaban J connectivity index is 2.55. The highest BCUT2D eigenvalue weighted by molar-refractivity contribution is 5.76. The van der Waals surface area contributed by atoms with E-state index in [2.05, 4.69) is 4.98 Å². The molecular formula is C9H12N2O2. The van der Waals surface area contributed by atoms with Crippen LogP contribution in [0, 0.1) is 0 Å². The van der Waals surface area contributed by atoms with Gasteiger partial charge in [0, 0.05) is 18.9 Å². The van der Waals surface area contributed by atoms with Crippen molar-refractivity contribution >= 4 is 5.91 Å². The number of likely N-dealkylation sites (N-methyl/N-ethyl adjacent to an activating group) is 1. The van der Waals surface area contributed by atoms with Crippen LogP contribution in [-0.4, -0.2) is 30.1 Å². The van der Waals surface area contributed by atoms with E-state index in [4.69, 9.17) is 4.84 Å². The Bertz CT molecular complexity index is 274. The normalized spacial score (nSPS) is 9.69. The topological polar surface area (TPSA) is 42.4 Å². The minimum absolute atomic E-state index is 0.110. The molecule has 0 atom stereocenters. The van der Waals surface area contributed by atoms with Gasteiger partial charge in [0.1, 0.15) is 0 Å². The minimum Gasteiger partial charge on any atom is -0.275 e. The third-order valence-electron chi connectivity index (χ3n) is 1.68. The molecule has 0 spiro atoms. The van der Waals surface area contributed by atoms with Gasteiger partial charge in [-0.1, -0.05) is 6.07 Å². The summed E-state index contributed by atoms with van der Waals surface area (Å²) in [7, 11) is 3.03. The second-order valence-electron chi connectivity index (χ2n) is 2.57. The third kappa shape index (κ3) is 2.83. The quantitative estimate of drug-likeness (QED) is 0.641. The molecule has 4 nitrogen and oxygen atoms in total. The second kappa shape index (κ2) is 4.57. The highest BCUT2D eigenvalue weighted by Crippen LogP contribution is 1.97. The van der Waals surface area contributed by atoms with Crippen LogP contribution in [0.3, 0.4) is 0 Å². The van der Waals surface area contributed by atoms with E-state index in [1.54, 1.807) is 19.3 Å². The number of pyridine rings is 1. The lowest BCUT2D eigenvalue weighted by molar-refractivity contribution is -0.167. The van der Waals surface area contributed by atoms with Crippen LogP contribution in [0.5, 0.6) is 0 Å². The highest BCUT2D eigenvalue weighted by Gasteiger charge is 2.08. The number of nitrogens with zero attached hydrogens (tertiary/aromatic N) is 2. The molecule has 0 fully saturated rings. The van der Waals surface area contributed by atoms with E-state index in [0.29, 0.717) is 0 Å². The van der Waals surface area contributed by atoms with Gasteiger partial charge < -0.3 is 0 Å². The Morgan fingerprint density at radius 3 is 2.92 bits per heavy atom. The lowest BCUT2D eigenvalue weighted by atomic mass is 10.2. The van der Waals surface area contributed by atoms with Crippen LogP contribution in [0.4, 0.5) is 0 Å². The van der Waals surface area contributed by atoms with Crippen molar-refractivity contribution in [1.29, 1.82) is 0 Å². The molecule has 0 bridgehead atoms. The van der Waals surface area contributed by atoms with Crippen LogP contribution in [0.2, 0.25) is 0 Å². The third-order valence-corrected chi connectivity index (χ3v) is 1.68. The number of aromatic nitrogens is 1. The molecular weight excluding hydrogens is 168 g/mol. The average molecular weight is 180 g/mol. The Kier molecular flexibility index (Phi) is 3.40. The molecule has 0 aliphatic carbocycles. The molecule has 1 amide bonds. The summed E-state index contributed by atoms with van der Waals surface area (Å²) in [4.78, 5) is 20.1. The zero-order chi connectivity index (χ0) is 9.68. The molecule has 0 aromatic carbocycles. The Morgan fingerprint density at radius 1 is 1.62 bits per heavy atom. The summed E-state index contributed by atoms with van der Waals surface area (Å²) < 4.78 is 0. The summed E-state index contributed by atoms with van der Waals surface area (Å²) in [6.07, 6.45) is 1.93. The molecule has 0 unspecified atom stereocenters. The molecule has 1 heterocycles. The van der Waals surface area contributed by atoms with E-state index < -0.39 is 0 Å². The molecule has 0 saturated heterocycles. The van der Waals surface area contributed by atoms with Crippen LogP contribution in [0.25, 0.3) is 0 Å².